The van der Waals surface area contributed by atoms with Crippen LogP contribution in [0.3, 0.4) is 0 Å². The summed E-state index contributed by atoms with van der Waals surface area (Å²) in [6.45, 7) is 2.53. The molecule has 0 heterocycles. The van der Waals surface area contributed by atoms with E-state index in [9.17, 15) is 9.59 Å². The van der Waals surface area contributed by atoms with Gasteiger partial charge in [-0.2, -0.15) is 0 Å². The normalized spacial score (nSPS) is 14.8. The highest BCUT2D eigenvalue weighted by Crippen LogP contribution is 2.20. The van der Waals surface area contributed by atoms with Crippen molar-refractivity contribution in [3.63, 3.8) is 0 Å². The highest BCUT2D eigenvalue weighted by atomic mass is 35.5. The summed E-state index contributed by atoms with van der Waals surface area (Å²) in [6.07, 6.45) is 5.76. The molecule has 0 bridgehead atoms. The fourth-order valence-corrected chi connectivity index (χ4v) is 5.18. The van der Waals surface area contributed by atoms with Crippen molar-refractivity contribution in [2.75, 3.05) is 12.3 Å². The molecule has 4 nitrogen and oxygen atoms in total. The van der Waals surface area contributed by atoms with Crippen LogP contribution in [0.2, 0.25) is 5.02 Å². The Hall–Kier alpha value is -1.98. The van der Waals surface area contributed by atoms with Gasteiger partial charge < -0.3 is 10.2 Å². The maximum absolute atomic E-state index is 13.3. The van der Waals surface area contributed by atoms with Gasteiger partial charge in [0, 0.05) is 23.4 Å². The fourth-order valence-electron chi connectivity index (χ4n) is 4.18. The van der Waals surface area contributed by atoms with Crippen LogP contribution in [0.15, 0.2) is 54.6 Å². The largest absolute Gasteiger partial charge is 0.352 e. The Balaban J connectivity index is 1.63. The van der Waals surface area contributed by atoms with Gasteiger partial charge in [-0.25, -0.2) is 0 Å². The van der Waals surface area contributed by atoms with E-state index in [1.165, 1.54) is 18.4 Å². The molecular formula is C26H33ClN2O2S. The van der Waals surface area contributed by atoms with Gasteiger partial charge in [0.05, 0.1) is 5.75 Å². The average molecular weight is 473 g/mol. The maximum Gasteiger partial charge on any atom is 0.243 e. The van der Waals surface area contributed by atoms with Gasteiger partial charge in [-0.3, -0.25) is 9.59 Å². The van der Waals surface area contributed by atoms with Gasteiger partial charge in [-0.15, -0.1) is 11.8 Å². The van der Waals surface area contributed by atoms with Crippen molar-refractivity contribution in [2.24, 2.45) is 0 Å². The van der Waals surface area contributed by atoms with Crippen LogP contribution >= 0.6 is 23.4 Å². The molecule has 1 aliphatic carbocycles. The SMILES string of the molecule is CCC(C(=O)NC1CCCC1)N(CCc1ccccc1)C(=O)CSCc1ccc(Cl)cc1. The van der Waals surface area contributed by atoms with Crippen LogP contribution in [-0.2, 0) is 21.8 Å². The van der Waals surface area contributed by atoms with Crippen molar-refractivity contribution in [3.05, 3.63) is 70.7 Å². The van der Waals surface area contributed by atoms with Crippen LogP contribution in [0.5, 0.6) is 0 Å². The number of halogens is 1. The Morgan fingerprint density at radius 1 is 1.06 bits per heavy atom. The number of carbonyl (C=O) groups is 2. The van der Waals surface area contributed by atoms with Crippen LogP contribution < -0.4 is 5.32 Å². The maximum atomic E-state index is 13.3. The molecule has 0 aromatic heterocycles. The third-order valence-electron chi connectivity index (χ3n) is 5.98. The van der Waals surface area contributed by atoms with Gasteiger partial charge in [-0.05, 0) is 48.9 Å². The number of hydrogen-bond acceptors (Lipinski definition) is 3. The number of rotatable bonds is 11. The van der Waals surface area contributed by atoms with Crippen LogP contribution in [0.4, 0.5) is 0 Å². The first kappa shape index (κ1) is 24.7. The minimum absolute atomic E-state index is 0.0106. The van der Waals surface area contributed by atoms with Crippen molar-refractivity contribution in [3.8, 4) is 0 Å². The van der Waals surface area contributed by atoms with E-state index in [1.54, 1.807) is 16.7 Å². The first-order valence-electron chi connectivity index (χ1n) is 11.5. The van der Waals surface area contributed by atoms with Crippen LogP contribution in [0.25, 0.3) is 0 Å². The molecule has 0 spiro atoms. The van der Waals surface area contributed by atoms with E-state index in [0.717, 1.165) is 30.6 Å². The first-order valence-corrected chi connectivity index (χ1v) is 13.1. The lowest BCUT2D eigenvalue weighted by Crippen LogP contribution is -2.52. The standard InChI is InChI=1S/C26H33ClN2O2S/c1-2-24(26(31)28-23-10-6-7-11-23)29(17-16-20-8-4-3-5-9-20)25(30)19-32-18-21-12-14-22(27)15-13-21/h3-5,8-9,12-15,23-24H,2,6-7,10-11,16-19H2,1H3,(H,28,31). The number of thioether (sulfide) groups is 1. The monoisotopic (exact) mass is 472 g/mol. The van der Waals surface area contributed by atoms with E-state index in [2.05, 4.69) is 17.4 Å². The Bertz CT molecular complexity index is 854. The Morgan fingerprint density at radius 2 is 1.75 bits per heavy atom. The lowest BCUT2D eigenvalue weighted by molar-refractivity contribution is -0.139. The van der Waals surface area contributed by atoms with E-state index in [4.69, 9.17) is 11.6 Å². The summed E-state index contributed by atoms with van der Waals surface area (Å²) in [5, 5.41) is 3.91. The van der Waals surface area contributed by atoms with Crippen LogP contribution in [-0.4, -0.2) is 41.1 Å². The van der Waals surface area contributed by atoms with Gasteiger partial charge in [-0.1, -0.05) is 73.8 Å². The topological polar surface area (TPSA) is 49.4 Å². The van der Waals surface area contributed by atoms with Crippen molar-refractivity contribution in [1.82, 2.24) is 10.2 Å². The molecule has 1 aliphatic rings. The number of nitrogens with one attached hydrogen (secondary N) is 1. The van der Waals surface area contributed by atoms with Gasteiger partial charge >= 0.3 is 0 Å². The summed E-state index contributed by atoms with van der Waals surface area (Å²) in [4.78, 5) is 28.1. The lowest BCUT2D eigenvalue weighted by atomic mass is 10.1. The number of nitrogens with zero attached hydrogens (tertiary/aromatic N) is 1. The van der Waals surface area contributed by atoms with Gasteiger partial charge in [0.2, 0.25) is 11.8 Å². The smallest absolute Gasteiger partial charge is 0.243 e. The van der Waals surface area contributed by atoms with Gasteiger partial charge in [0.15, 0.2) is 0 Å². The summed E-state index contributed by atoms with van der Waals surface area (Å²) in [5.74, 6) is 1.10. The molecule has 2 aromatic carbocycles. The molecule has 6 heteroatoms. The Labute approximate surface area is 201 Å². The molecular weight excluding hydrogens is 440 g/mol. The molecule has 32 heavy (non-hydrogen) atoms. The predicted octanol–water partition coefficient (Wildman–Crippen LogP) is 5.48. The van der Waals surface area contributed by atoms with Crippen molar-refractivity contribution in [2.45, 2.75) is 63.3 Å². The van der Waals surface area contributed by atoms with E-state index >= 15 is 0 Å². The molecule has 1 N–H and O–H groups in total. The summed E-state index contributed by atoms with van der Waals surface area (Å²) >= 11 is 7.54. The zero-order valence-electron chi connectivity index (χ0n) is 18.8. The Morgan fingerprint density at radius 3 is 2.41 bits per heavy atom. The third kappa shape index (κ3) is 7.56. The van der Waals surface area contributed by atoms with E-state index in [0.29, 0.717) is 23.7 Å². The quantitative estimate of drug-likeness (QED) is 0.471. The second-order valence-corrected chi connectivity index (χ2v) is 9.78. The zero-order chi connectivity index (χ0) is 22.8. The molecule has 0 saturated heterocycles. The van der Waals surface area contributed by atoms with Crippen molar-refractivity contribution in [1.29, 1.82) is 0 Å². The summed E-state index contributed by atoms with van der Waals surface area (Å²) in [7, 11) is 0. The minimum Gasteiger partial charge on any atom is -0.352 e. The molecule has 0 radical (unpaired) electrons. The van der Waals surface area contributed by atoms with E-state index < -0.39 is 6.04 Å². The second kappa shape index (κ2) is 12.9. The number of hydrogen-bond donors (Lipinski definition) is 1. The average Bonchev–Trinajstić information content (AvgIpc) is 3.31. The summed E-state index contributed by atoms with van der Waals surface area (Å²) in [5.41, 5.74) is 2.30. The molecule has 3 rings (SSSR count). The third-order valence-corrected chi connectivity index (χ3v) is 7.22. The van der Waals surface area contributed by atoms with E-state index in [-0.39, 0.29) is 17.9 Å². The number of amides is 2. The first-order chi connectivity index (χ1) is 15.6. The number of benzene rings is 2. The molecule has 172 valence electrons. The van der Waals surface area contributed by atoms with Crippen molar-refractivity contribution < 1.29 is 9.59 Å². The molecule has 0 aliphatic heterocycles. The summed E-state index contributed by atoms with van der Waals surface area (Å²) < 4.78 is 0. The highest BCUT2D eigenvalue weighted by Gasteiger charge is 2.30. The molecule has 1 fully saturated rings. The molecule has 1 atom stereocenters. The minimum atomic E-state index is -0.428. The van der Waals surface area contributed by atoms with Gasteiger partial charge in [0.1, 0.15) is 6.04 Å². The second-order valence-electron chi connectivity index (χ2n) is 8.36. The van der Waals surface area contributed by atoms with Crippen molar-refractivity contribution >= 4 is 35.2 Å². The number of carbonyl (C=O) groups excluding carboxylic acids is 2. The van der Waals surface area contributed by atoms with E-state index in [1.807, 2.05) is 49.4 Å². The van der Waals surface area contributed by atoms with Crippen LogP contribution in [0.1, 0.15) is 50.2 Å². The lowest BCUT2D eigenvalue weighted by Gasteiger charge is -2.31. The molecule has 2 amide bonds. The Kier molecular flexibility index (Phi) is 9.94. The molecule has 1 saturated carbocycles. The van der Waals surface area contributed by atoms with Crippen LogP contribution in [0, 0.1) is 0 Å². The molecule has 1 unspecified atom stereocenters. The fraction of sp³-hybridized carbons (Fsp3) is 0.462. The highest BCUT2D eigenvalue weighted by molar-refractivity contribution is 7.99. The summed E-state index contributed by atoms with van der Waals surface area (Å²) in [6, 6.07) is 17.7. The zero-order valence-corrected chi connectivity index (χ0v) is 20.3. The molecule has 2 aromatic rings. The van der Waals surface area contributed by atoms with Gasteiger partial charge in [0.25, 0.3) is 0 Å². The predicted molar refractivity (Wildman–Crippen MR) is 134 cm³/mol.